The predicted molar refractivity (Wildman–Crippen MR) is 129 cm³/mol. The second-order valence-corrected chi connectivity index (χ2v) is 10.3. The van der Waals surface area contributed by atoms with Crippen molar-refractivity contribution >= 4 is 5.78 Å². The molecule has 0 spiro atoms. The Balaban J connectivity index is 1.68. The highest BCUT2D eigenvalue weighted by Crippen LogP contribution is 2.35. The summed E-state index contributed by atoms with van der Waals surface area (Å²) in [6.07, 6.45) is -2.75. The van der Waals surface area contributed by atoms with E-state index < -0.39 is 71.8 Å². The van der Waals surface area contributed by atoms with Gasteiger partial charge in [0.1, 0.15) is 42.3 Å². The van der Waals surface area contributed by atoms with Crippen LogP contribution in [-0.2, 0) is 20.9 Å². The maximum absolute atomic E-state index is 13.8. The van der Waals surface area contributed by atoms with Crippen LogP contribution < -0.4 is 0 Å². The molecule has 3 N–H and O–H groups in total. The van der Waals surface area contributed by atoms with Gasteiger partial charge >= 0.3 is 0 Å². The zero-order valence-electron chi connectivity index (χ0n) is 21.4. The fourth-order valence-corrected chi connectivity index (χ4v) is 4.36. The quantitative estimate of drug-likeness (QED) is 0.359. The summed E-state index contributed by atoms with van der Waals surface area (Å²) in [5.74, 6) is -4.90. The van der Waals surface area contributed by atoms with Crippen LogP contribution in [0.15, 0.2) is 42.9 Å². The molecule has 1 aliphatic rings. The molecule has 0 radical (unpaired) electrons. The predicted octanol–water partition coefficient (Wildman–Crippen LogP) is 1.98. The number of ether oxygens (including phenoxy) is 2. The van der Waals surface area contributed by atoms with Crippen LogP contribution in [0.4, 0.5) is 13.2 Å². The number of pyridine rings is 1. The molecule has 13 heteroatoms. The molecule has 1 aromatic carbocycles. The molecule has 1 saturated heterocycles. The van der Waals surface area contributed by atoms with E-state index >= 15 is 0 Å². The molecule has 1 aliphatic heterocycles. The lowest BCUT2D eigenvalue weighted by molar-refractivity contribution is -0.236. The molecular weight excluding hydrogens is 521 g/mol. The van der Waals surface area contributed by atoms with Gasteiger partial charge in [0.15, 0.2) is 23.2 Å². The largest absolute Gasteiger partial charge is 0.394 e. The molecule has 6 atom stereocenters. The monoisotopic (exact) mass is 550 g/mol. The van der Waals surface area contributed by atoms with Crippen LogP contribution >= 0.6 is 0 Å². The summed E-state index contributed by atoms with van der Waals surface area (Å²) in [6.45, 7) is 4.33. The molecule has 4 rings (SSSR count). The number of carbonyl (C=O) groups excluding carboxylic acids is 1. The van der Waals surface area contributed by atoms with E-state index in [1.54, 1.807) is 45.3 Å². The van der Waals surface area contributed by atoms with Crippen LogP contribution in [0.25, 0.3) is 11.3 Å². The number of hydrogen-bond acceptors (Lipinski definition) is 9. The highest BCUT2D eigenvalue weighted by molar-refractivity contribution is 5.88. The third-order valence-electron chi connectivity index (χ3n) is 6.50. The molecule has 3 heterocycles. The van der Waals surface area contributed by atoms with Crippen molar-refractivity contribution in [3.63, 3.8) is 0 Å². The molecule has 39 heavy (non-hydrogen) atoms. The van der Waals surface area contributed by atoms with Gasteiger partial charge in [0, 0.05) is 23.4 Å². The number of rotatable bonds is 8. The van der Waals surface area contributed by atoms with E-state index in [2.05, 4.69) is 15.3 Å². The summed E-state index contributed by atoms with van der Waals surface area (Å²) in [4.78, 5) is 17.4. The van der Waals surface area contributed by atoms with Crippen LogP contribution in [0.3, 0.4) is 0 Å². The Bertz CT molecular complexity index is 1280. The minimum Gasteiger partial charge on any atom is -0.394 e. The molecule has 1 fully saturated rings. The molecule has 10 nitrogen and oxygen atoms in total. The normalized spacial score (nSPS) is 24.5. The van der Waals surface area contributed by atoms with Crippen molar-refractivity contribution in [2.75, 3.05) is 6.61 Å². The van der Waals surface area contributed by atoms with E-state index in [0.29, 0.717) is 5.56 Å². The molecule has 210 valence electrons. The van der Waals surface area contributed by atoms with Gasteiger partial charge in [-0.2, -0.15) is 0 Å². The van der Waals surface area contributed by atoms with Crippen molar-refractivity contribution in [2.45, 2.75) is 63.9 Å². The maximum Gasteiger partial charge on any atom is 0.194 e. The van der Waals surface area contributed by atoms with Crippen LogP contribution in [0.2, 0.25) is 0 Å². The number of aromatic nitrogens is 4. The zero-order valence-corrected chi connectivity index (χ0v) is 21.4. The first kappa shape index (κ1) is 28.8. The molecule has 0 saturated carbocycles. The number of hydrogen-bond donors (Lipinski definition) is 3. The number of benzene rings is 1. The van der Waals surface area contributed by atoms with E-state index in [-0.39, 0.29) is 17.9 Å². The Labute approximate surface area is 222 Å². The summed E-state index contributed by atoms with van der Waals surface area (Å²) in [6, 6.07) is 3.54. The third-order valence-corrected chi connectivity index (χ3v) is 6.50. The summed E-state index contributed by atoms with van der Waals surface area (Å²) < 4.78 is 53.8. The van der Waals surface area contributed by atoms with Crippen LogP contribution in [-0.4, -0.2) is 78.2 Å². The lowest BCUT2D eigenvalue weighted by atomic mass is 9.81. The van der Waals surface area contributed by atoms with Gasteiger partial charge in [-0.15, -0.1) is 5.10 Å². The van der Waals surface area contributed by atoms with Gasteiger partial charge in [0.05, 0.1) is 19.4 Å². The lowest BCUT2D eigenvalue weighted by Crippen LogP contribution is -2.61. The number of ketones is 1. The second kappa shape index (κ2) is 11.5. The van der Waals surface area contributed by atoms with Crippen LogP contribution in [0, 0.1) is 22.9 Å². The maximum atomic E-state index is 13.8. The summed E-state index contributed by atoms with van der Waals surface area (Å²) in [5, 5.41) is 40.0. The van der Waals surface area contributed by atoms with E-state index in [1.165, 1.54) is 6.20 Å². The topological polar surface area (TPSA) is 140 Å². The molecular formula is C26H29F3N4O6. The first-order valence-corrected chi connectivity index (χ1v) is 12.2. The van der Waals surface area contributed by atoms with Crippen molar-refractivity contribution in [3.05, 3.63) is 65.9 Å². The molecule has 0 bridgehead atoms. The van der Waals surface area contributed by atoms with Crippen LogP contribution in [0.5, 0.6) is 0 Å². The average Bonchev–Trinajstić information content (AvgIpc) is 3.38. The Kier molecular flexibility index (Phi) is 8.47. The van der Waals surface area contributed by atoms with Crippen molar-refractivity contribution in [1.82, 2.24) is 20.0 Å². The molecule has 3 aromatic rings. The Morgan fingerprint density at radius 1 is 1.13 bits per heavy atom. The van der Waals surface area contributed by atoms with E-state index in [1.807, 2.05) is 0 Å². The SMILES string of the molecule is CC(C)(C)C(=O)[C@@H](OCc1ccncc1)[C@@H]1OC(CO)[C@H](O)[C@H](n2cc(-c3cc(F)c(F)c(F)c3)nn2)C1O. The summed E-state index contributed by atoms with van der Waals surface area (Å²) in [7, 11) is 0. The molecule has 2 aromatic heterocycles. The van der Waals surface area contributed by atoms with Gasteiger partial charge in [0.2, 0.25) is 0 Å². The fourth-order valence-electron chi connectivity index (χ4n) is 4.36. The molecule has 0 amide bonds. The number of carbonyl (C=O) groups is 1. The molecule has 2 unspecified atom stereocenters. The number of halogens is 3. The first-order valence-electron chi connectivity index (χ1n) is 12.2. The van der Waals surface area contributed by atoms with Gasteiger partial charge in [0.25, 0.3) is 0 Å². The highest BCUT2D eigenvalue weighted by atomic mass is 19.2. The Hall–Kier alpha value is -3.23. The number of Topliss-reactive ketones (excluding diaryl/α,β-unsaturated/α-hetero) is 1. The number of aliphatic hydroxyl groups excluding tert-OH is 3. The smallest absolute Gasteiger partial charge is 0.194 e. The van der Waals surface area contributed by atoms with Crippen LogP contribution in [0.1, 0.15) is 32.4 Å². The van der Waals surface area contributed by atoms with Crippen molar-refractivity contribution in [2.24, 2.45) is 5.41 Å². The third kappa shape index (κ3) is 6.02. The fraction of sp³-hybridized carbons (Fsp3) is 0.462. The second-order valence-electron chi connectivity index (χ2n) is 10.3. The lowest BCUT2D eigenvalue weighted by Gasteiger charge is -2.45. The minimum atomic E-state index is -1.64. The van der Waals surface area contributed by atoms with Gasteiger partial charge in [-0.05, 0) is 29.8 Å². The average molecular weight is 551 g/mol. The van der Waals surface area contributed by atoms with Gasteiger partial charge in [-0.1, -0.05) is 26.0 Å². The Morgan fingerprint density at radius 3 is 2.36 bits per heavy atom. The number of nitrogens with zero attached hydrogens (tertiary/aromatic N) is 4. The van der Waals surface area contributed by atoms with Gasteiger partial charge in [-0.3, -0.25) is 9.78 Å². The van der Waals surface area contributed by atoms with E-state index in [9.17, 15) is 33.3 Å². The number of aliphatic hydroxyl groups is 3. The van der Waals surface area contributed by atoms with Gasteiger partial charge < -0.3 is 24.8 Å². The van der Waals surface area contributed by atoms with Crippen molar-refractivity contribution in [3.8, 4) is 11.3 Å². The molecule has 0 aliphatic carbocycles. The van der Waals surface area contributed by atoms with Gasteiger partial charge in [-0.25, -0.2) is 17.9 Å². The highest BCUT2D eigenvalue weighted by Gasteiger charge is 2.51. The zero-order chi connectivity index (χ0) is 28.5. The standard InChI is InChI=1S/C26H29F3N4O6/c1-26(2,3)25(37)24(38-12-13-4-6-30-7-5-13)23-22(36)20(21(35)18(11-34)39-23)33-10-17(31-32-33)14-8-15(27)19(29)16(28)9-14/h4-10,18,20-24,34-36H,11-12H2,1-3H3/t18?,20-,21-,22?,23+,24-/m0/s1. The summed E-state index contributed by atoms with van der Waals surface area (Å²) >= 11 is 0. The van der Waals surface area contributed by atoms with Crippen molar-refractivity contribution in [1.29, 1.82) is 0 Å². The van der Waals surface area contributed by atoms with E-state index in [0.717, 1.165) is 16.8 Å². The summed E-state index contributed by atoms with van der Waals surface area (Å²) in [5.41, 5.74) is -0.418. The van der Waals surface area contributed by atoms with Crippen molar-refractivity contribution < 1.29 is 42.8 Å². The Morgan fingerprint density at radius 2 is 1.77 bits per heavy atom. The minimum absolute atomic E-state index is 0.0201. The van der Waals surface area contributed by atoms with E-state index in [4.69, 9.17) is 9.47 Å². The first-order chi connectivity index (χ1) is 18.4.